The van der Waals surface area contributed by atoms with Crippen molar-refractivity contribution < 1.29 is 80.2 Å². The monoisotopic (exact) mass is 1580 g/mol. The molecule has 0 aromatic rings. The van der Waals surface area contributed by atoms with Gasteiger partial charge in [-0.1, -0.05) is 295 Å². The maximum Gasteiger partial charge on any atom is 0.472 e. The van der Waals surface area contributed by atoms with Crippen molar-refractivity contribution in [1.29, 1.82) is 0 Å². The van der Waals surface area contributed by atoms with Gasteiger partial charge in [-0.3, -0.25) is 37.3 Å². The van der Waals surface area contributed by atoms with E-state index in [9.17, 15) is 43.2 Å². The first kappa shape index (κ1) is 105. The Bertz CT molecular complexity index is 2700. The lowest BCUT2D eigenvalue weighted by Gasteiger charge is -2.21. The average molecular weight is 1580 g/mol. The number of carbonyl (C=O) groups excluding carboxylic acids is 4. The van der Waals surface area contributed by atoms with E-state index in [1.165, 1.54) is 38.5 Å². The van der Waals surface area contributed by atoms with Crippen LogP contribution >= 0.6 is 15.6 Å². The van der Waals surface area contributed by atoms with Crippen molar-refractivity contribution in [1.82, 2.24) is 0 Å². The van der Waals surface area contributed by atoms with E-state index >= 15 is 0 Å². The summed E-state index contributed by atoms with van der Waals surface area (Å²) in [6, 6.07) is 0. The lowest BCUT2D eigenvalue weighted by Crippen LogP contribution is -2.30. The van der Waals surface area contributed by atoms with Gasteiger partial charge in [0.1, 0.15) is 19.3 Å². The van der Waals surface area contributed by atoms with Gasteiger partial charge in [0.25, 0.3) is 0 Å². The van der Waals surface area contributed by atoms with E-state index in [0.717, 1.165) is 212 Å². The highest BCUT2D eigenvalue weighted by Gasteiger charge is 2.30. The Morgan fingerprint density at radius 1 is 0.264 bits per heavy atom. The first-order valence-corrected chi connectivity index (χ1v) is 45.7. The molecule has 0 radical (unpaired) electrons. The number of carbonyl (C=O) groups is 4. The smallest absolute Gasteiger partial charge is 0.462 e. The van der Waals surface area contributed by atoms with E-state index in [1.807, 2.05) is 0 Å². The predicted octanol–water partition coefficient (Wildman–Crippen LogP) is 25.6. The molecule has 0 aliphatic rings. The summed E-state index contributed by atoms with van der Waals surface area (Å²) in [4.78, 5) is 73.3. The zero-order chi connectivity index (χ0) is 80.3. The number of rotatable bonds is 79. The van der Waals surface area contributed by atoms with Gasteiger partial charge >= 0.3 is 39.5 Å². The molecule has 0 aromatic carbocycles. The Balaban J connectivity index is 5.44. The van der Waals surface area contributed by atoms with Crippen LogP contribution in [0.15, 0.2) is 158 Å². The number of ether oxygens (including phenoxy) is 4. The summed E-state index contributed by atoms with van der Waals surface area (Å²) >= 11 is 0. The number of phosphoric acid groups is 2. The number of aliphatic hydroxyl groups is 1. The van der Waals surface area contributed by atoms with Crippen LogP contribution in [0.25, 0.3) is 0 Å². The maximum atomic E-state index is 13.1. The van der Waals surface area contributed by atoms with Gasteiger partial charge in [-0.15, -0.1) is 0 Å². The van der Waals surface area contributed by atoms with E-state index in [0.29, 0.717) is 32.1 Å². The summed E-state index contributed by atoms with van der Waals surface area (Å²) in [5, 5.41) is 10.7. The number of unbranched alkanes of at least 4 members (excludes halogenated alkanes) is 27. The summed E-state index contributed by atoms with van der Waals surface area (Å²) in [6.45, 7) is 4.53. The third-order valence-corrected chi connectivity index (χ3v) is 19.4. The van der Waals surface area contributed by atoms with Crippen molar-refractivity contribution in [3.8, 4) is 0 Å². The van der Waals surface area contributed by atoms with E-state index in [-0.39, 0.29) is 25.7 Å². The standard InChI is InChI=1S/C91H152O17P2/c1-5-9-13-17-21-25-29-33-37-40-42-45-48-51-55-59-63-67-71-75-88(93)101-81-86(107-90(95)77-73-69-65-61-57-53-47-36-32-28-24-20-16-12-8-4)83-105-109(97,98)103-79-85(92)80-104-110(99,100)106-84-87(108-91(96)78-74-70-66-62-58-54-50-44-39-35-31-27-23-19-15-11-7-3)82-102-89(94)76-72-68-64-60-56-52-49-46-43-41-38-34-30-26-22-18-14-10-6-2/h11-12,15-16,21-28,33-39,42-43,45-47,57,61,85-87,92H,5-10,13-14,17-20,29-32,40-41,44,48-56,58-60,62-84H2,1-4H3,(H,97,98)(H,99,100)/b15-11-,16-12-,25-21-,26-22-,27-23-,28-24-,37-33-,38-34-,39-35-,45-42-,46-43-,47-36-,61-57-. The molecule has 0 rings (SSSR count). The summed E-state index contributed by atoms with van der Waals surface area (Å²) < 4.78 is 68.8. The van der Waals surface area contributed by atoms with Crippen LogP contribution in [0, 0.1) is 0 Å². The van der Waals surface area contributed by atoms with Gasteiger partial charge in [0.05, 0.1) is 26.4 Å². The Morgan fingerprint density at radius 3 is 0.745 bits per heavy atom. The molecule has 3 N–H and O–H groups in total. The first-order chi connectivity index (χ1) is 53.7. The third kappa shape index (κ3) is 80.7. The minimum absolute atomic E-state index is 0.0350. The molecule has 0 saturated carbocycles. The fraction of sp³-hybridized carbons (Fsp3) is 0.670. The Kier molecular flexibility index (Phi) is 77.7. The van der Waals surface area contributed by atoms with Crippen molar-refractivity contribution in [3.63, 3.8) is 0 Å². The van der Waals surface area contributed by atoms with Crippen LogP contribution in [-0.2, 0) is 65.4 Å². The molecule has 628 valence electrons. The van der Waals surface area contributed by atoms with Crippen molar-refractivity contribution in [2.45, 2.75) is 354 Å². The van der Waals surface area contributed by atoms with Crippen LogP contribution in [0.3, 0.4) is 0 Å². The number of allylic oxidation sites excluding steroid dienone is 26. The van der Waals surface area contributed by atoms with E-state index in [4.69, 9.17) is 37.0 Å². The molecule has 0 aliphatic heterocycles. The molecule has 17 nitrogen and oxygen atoms in total. The van der Waals surface area contributed by atoms with E-state index < -0.39 is 97.5 Å². The van der Waals surface area contributed by atoms with Gasteiger partial charge < -0.3 is 33.8 Å². The van der Waals surface area contributed by atoms with Gasteiger partial charge in [-0.2, -0.15) is 0 Å². The second-order valence-corrected chi connectivity index (χ2v) is 30.9. The number of esters is 4. The molecule has 5 unspecified atom stereocenters. The van der Waals surface area contributed by atoms with Gasteiger partial charge in [0.15, 0.2) is 12.2 Å². The molecular weight excluding hydrogens is 1430 g/mol. The molecule has 0 heterocycles. The zero-order valence-electron chi connectivity index (χ0n) is 68.9. The van der Waals surface area contributed by atoms with Crippen molar-refractivity contribution in [3.05, 3.63) is 158 Å². The molecule has 5 atom stereocenters. The van der Waals surface area contributed by atoms with Crippen LogP contribution in [0.2, 0.25) is 0 Å². The first-order valence-electron chi connectivity index (χ1n) is 42.7. The highest BCUT2D eigenvalue weighted by molar-refractivity contribution is 7.47. The Labute approximate surface area is 668 Å². The van der Waals surface area contributed by atoms with E-state index in [1.54, 1.807) is 0 Å². The normalized spacial score (nSPS) is 14.6. The SMILES string of the molecule is CC/C=C\C/C=C\C/C=C\C/C=C\CCCCC(=O)OC(COC(=O)CCCCCCCC/C=C\C/C=C\C/C=C\CCCCC)COP(=O)(O)OCC(O)COP(=O)(O)OCC(COC(=O)CCCCCCCC/C=C\C/C=C\C/C=C\CCCCC)OC(=O)CCCCCCCCC/C=C\C/C=C\C/C=C\CC. The van der Waals surface area contributed by atoms with Gasteiger partial charge in [-0.05, 0) is 173 Å². The molecule has 0 saturated heterocycles. The molecule has 0 spiro atoms. The topological polar surface area (TPSA) is 237 Å². The molecule has 0 bridgehead atoms. The third-order valence-electron chi connectivity index (χ3n) is 17.5. The summed E-state index contributed by atoms with van der Waals surface area (Å²) in [5.74, 6) is -2.26. The van der Waals surface area contributed by atoms with Gasteiger partial charge in [0, 0.05) is 25.7 Å². The molecule has 0 amide bonds. The summed E-state index contributed by atoms with van der Waals surface area (Å²) in [6.07, 6.45) is 96.3. The maximum absolute atomic E-state index is 13.1. The second kappa shape index (κ2) is 81.7. The lowest BCUT2D eigenvalue weighted by molar-refractivity contribution is -0.161. The van der Waals surface area contributed by atoms with Crippen LogP contribution < -0.4 is 0 Å². The minimum atomic E-state index is -5.00. The summed E-state index contributed by atoms with van der Waals surface area (Å²) in [7, 11) is -10.0. The number of phosphoric ester groups is 2. The second-order valence-electron chi connectivity index (χ2n) is 28.0. The molecular formula is C91H152O17P2. The lowest BCUT2D eigenvalue weighted by atomic mass is 10.1. The molecule has 0 aromatic heterocycles. The highest BCUT2D eigenvalue weighted by Crippen LogP contribution is 2.45. The molecule has 110 heavy (non-hydrogen) atoms. The summed E-state index contributed by atoms with van der Waals surface area (Å²) in [5.41, 5.74) is 0. The quantitative estimate of drug-likeness (QED) is 0.0169. The van der Waals surface area contributed by atoms with Gasteiger partial charge in [-0.25, -0.2) is 9.13 Å². The number of hydrogen-bond donors (Lipinski definition) is 3. The largest absolute Gasteiger partial charge is 0.472 e. The average Bonchev–Trinajstić information content (AvgIpc) is 0.899. The van der Waals surface area contributed by atoms with Crippen LogP contribution in [0.1, 0.15) is 336 Å². The zero-order valence-corrected chi connectivity index (χ0v) is 70.7. The van der Waals surface area contributed by atoms with Crippen LogP contribution in [0.5, 0.6) is 0 Å². The van der Waals surface area contributed by atoms with Gasteiger partial charge in [0.2, 0.25) is 0 Å². The van der Waals surface area contributed by atoms with E-state index in [2.05, 4.69) is 186 Å². The molecule has 0 aliphatic carbocycles. The fourth-order valence-electron chi connectivity index (χ4n) is 11.0. The Morgan fingerprint density at radius 2 is 0.473 bits per heavy atom. The highest BCUT2D eigenvalue weighted by atomic mass is 31.2. The molecule has 0 fully saturated rings. The molecule has 19 heteroatoms. The predicted molar refractivity (Wildman–Crippen MR) is 454 cm³/mol. The van der Waals surface area contributed by atoms with Crippen molar-refractivity contribution in [2.24, 2.45) is 0 Å². The minimum Gasteiger partial charge on any atom is -0.462 e. The van der Waals surface area contributed by atoms with Crippen LogP contribution in [0.4, 0.5) is 0 Å². The fourth-order valence-corrected chi connectivity index (χ4v) is 12.6. The van der Waals surface area contributed by atoms with Crippen molar-refractivity contribution in [2.75, 3.05) is 39.6 Å². The number of hydrogen-bond acceptors (Lipinski definition) is 15. The Hall–Kier alpha value is -5.32. The number of aliphatic hydroxyl groups excluding tert-OH is 1. The van der Waals surface area contributed by atoms with Crippen molar-refractivity contribution >= 4 is 39.5 Å². The van der Waals surface area contributed by atoms with Crippen LogP contribution in [-0.4, -0.2) is 96.7 Å².